The number of halogens is 1. The van der Waals surface area contributed by atoms with Crippen LogP contribution in [-0.2, 0) is 23.8 Å². The Balaban J connectivity index is 0.00000280. The third kappa shape index (κ3) is 11.2. The molecule has 0 spiro atoms. The molecule has 0 aliphatic carbocycles. The molecule has 3 unspecified atom stereocenters. The Morgan fingerprint density at radius 1 is 0.803 bits per heavy atom. The number of fused-ring (bicyclic) bond motifs is 5. The highest BCUT2D eigenvalue weighted by Crippen LogP contribution is 2.49. The molecular weight excluding hydrogens is 1050 g/mol. The second-order valence-corrected chi connectivity index (χ2v) is 22.1. The quantitative estimate of drug-likeness (QED) is 0.0915. The first-order valence-corrected chi connectivity index (χ1v) is 26.1. The van der Waals surface area contributed by atoms with Gasteiger partial charge in [0.15, 0.2) is 0 Å². The molecule has 4 aliphatic heterocycles. The van der Waals surface area contributed by atoms with Crippen LogP contribution < -0.4 is 15.4 Å². The number of carbonyl (C=O) groups excluding carboxylic acids is 4. The van der Waals surface area contributed by atoms with E-state index in [9.17, 15) is 19.2 Å². The number of nitrogens with one attached hydrogen (secondary N) is 4. The fourth-order valence-electron chi connectivity index (χ4n) is 11.2. The number of methoxy groups -OCH3 is 2. The van der Waals surface area contributed by atoms with Gasteiger partial charge in [0.25, 0.3) is 0 Å². The Bertz CT molecular complexity index is 3080. The molecule has 410 valence electrons. The number of aromatic amines is 2. The van der Waals surface area contributed by atoms with E-state index >= 15 is 4.39 Å². The maximum Gasteiger partial charge on any atom is 0.407 e. The highest BCUT2D eigenvalue weighted by molar-refractivity contribution is 7.59. The number of benzene rings is 2. The van der Waals surface area contributed by atoms with Crippen molar-refractivity contribution in [3.8, 4) is 39.5 Å². The van der Waals surface area contributed by atoms with E-state index in [2.05, 4.69) is 57.2 Å². The Labute approximate surface area is 467 Å². The number of rotatable bonds is 12. The number of hydrogen-bond acceptors (Lipinski definition) is 11. The molecule has 4 aromatic heterocycles. The van der Waals surface area contributed by atoms with Crippen LogP contribution in [-0.4, -0.2) is 110 Å². The topological polar surface area (TPSA) is 198 Å². The fraction of sp³-hybridized carbons (Fsp3) is 0.481. The van der Waals surface area contributed by atoms with E-state index in [0.29, 0.717) is 91.2 Å². The van der Waals surface area contributed by atoms with Crippen molar-refractivity contribution in [2.24, 2.45) is 11.8 Å². The van der Waals surface area contributed by atoms with Gasteiger partial charge in [-0.05, 0) is 113 Å². The molecule has 4 N–H and O–H groups in total. The molecule has 3 saturated heterocycles. The fourth-order valence-corrected chi connectivity index (χ4v) is 12.3. The van der Waals surface area contributed by atoms with E-state index in [1.165, 1.54) is 25.2 Å². The molecule has 6 atom stereocenters. The summed E-state index contributed by atoms with van der Waals surface area (Å²) in [7, 11) is 2.57. The Kier molecular flexibility index (Phi) is 17.9. The van der Waals surface area contributed by atoms with Crippen LogP contribution in [0.2, 0.25) is 0 Å². The summed E-state index contributed by atoms with van der Waals surface area (Å²) in [6, 6.07) is 13.4. The van der Waals surface area contributed by atoms with Crippen LogP contribution >= 0.6 is 51.8 Å². The molecule has 17 nitrogen and oxygen atoms in total. The monoisotopic (exact) mass is 1120 g/mol. The average Bonchev–Trinajstić information content (AvgIpc) is 4.23. The van der Waals surface area contributed by atoms with Gasteiger partial charge in [-0.25, -0.2) is 23.9 Å². The lowest BCUT2D eigenvalue weighted by Crippen LogP contribution is -2.54. The minimum absolute atomic E-state index is 0. The van der Waals surface area contributed by atoms with E-state index < -0.39 is 41.9 Å². The van der Waals surface area contributed by atoms with E-state index in [4.69, 9.17) is 28.9 Å². The number of H-pyrrole nitrogens is 2. The van der Waals surface area contributed by atoms with Gasteiger partial charge in [0.05, 0.1) is 77.3 Å². The zero-order valence-electron chi connectivity index (χ0n) is 44.0. The minimum atomic E-state index is -0.776. The molecule has 4 aliphatic rings. The van der Waals surface area contributed by atoms with E-state index in [1.807, 2.05) is 56.9 Å². The standard InChI is InChI=1S/C54H64FN9O8S.3H2S/c1-28(2)42-15-16-43(73-42)51-64-37-14-13-30(35-26-56-47(58-35)39-12-10-19-63(39)50(66)46(61-53(68)70-8)31-17-20-71-54(5,6)25-31)21-33(37)23-40(64)44-34(55)22-32(24-41(44)72-51)36-27-57-48(59-36)38-11-9-18-62(38)49(65)45(29(3)4)60-52(67)69-7;;;/h13-16,21-24,26-29,31,38-39,45-46,51H,9-12,17-20,25H2,1-8H3,(H,56,58)(H,57,59)(H,60,67)(H,61,68);3*1H2/t31?,38-,39-,45-,46?,51?;;;/m0.../s1. The number of amides is 4. The SMILES string of the molecule is COC(=O)NC(C(=O)N1CCC[C@H]1c1ncc(-c2ccc3c(c2)cc2n3C(c3ccc(C(C)C)s3)Oc3cc(-c4cnc([C@@H]5CCCN5C(=O)[C@@H](NC(=O)OC)C(C)C)[nH]4)cc(F)c3-2)[nH]1)C1CCOC(C)(C)C1.S.S.S. The number of hydrogen-bond donors (Lipinski definition) is 4. The molecule has 10 rings (SSSR count). The van der Waals surface area contributed by atoms with E-state index in [0.717, 1.165) is 39.9 Å². The number of imidazole rings is 2. The lowest BCUT2D eigenvalue weighted by Gasteiger charge is -2.40. The van der Waals surface area contributed by atoms with Crippen LogP contribution in [0.1, 0.15) is 126 Å². The van der Waals surface area contributed by atoms with Crippen LogP contribution in [0.4, 0.5) is 14.0 Å². The predicted octanol–water partition coefficient (Wildman–Crippen LogP) is 10.3. The Hall–Kier alpha value is -5.68. The summed E-state index contributed by atoms with van der Waals surface area (Å²) in [6.07, 6.45) is 5.70. The van der Waals surface area contributed by atoms with Crippen molar-refractivity contribution < 1.29 is 42.5 Å². The van der Waals surface area contributed by atoms with Crippen molar-refractivity contribution in [1.82, 2.24) is 44.9 Å². The Morgan fingerprint density at radius 2 is 1.43 bits per heavy atom. The first-order chi connectivity index (χ1) is 35.0. The molecule has 0 saturated carbocycles. The molecule has 2 aromatic carbocycles. The summed E-state index contributed by atoms with van der Waals surface area (Å²) >= 11 is 1.67. The number of ether oxygens (including phenoxy) is 4. The maximum absolute atomic E-state index is 17.0. The molecule has 0 bridgehead atoms. The van der Waals surface area contributed by atoms with Crippen LogP contribution in [0.5, 0.6) is 5.75 Å². The third-order valence-corrected chi connectivity index (χ3v) is 16.3. The van der Waals surface area contributed by atoms with Gasteiger partial charge in [-0.2, -0.15) is 40.5 Å². The molecule has 3 fully saturated rings. The number of carbonyl (C=O) groups is 4. The maximum atomic E-state index is 17.0. The van der Waals surface area contributed by atoms with Gasteiger partial charge in [-0.3, -0.25) is 14.2 Å². The largest absolute Gasteiger partial charge is 0.464 e. The van der Waals surface area contributed by atoms with Crippen molar-refractivity contribution in [3.63, 3.8) is 0 Å². The first-order valence-electron chi connectivity index (χ1n) is 25.3. The van der Waals surface area contributed by atoms with Gasteiger partial charge >= 0.3 is 12.2 Å². The van der Waals surface area contributed by atoms with Crippen LogP contribution in [0.15, 0.2) is 60.9 Å². The van der Waals surface area contributed by atoms with Crippen molar-refractivity contribution >= 4 is 86.7 Å². The average molecular weight is 1120 g/mol. The van der Waals surface area contributed by atoms with Crippen molar-refractivity contribution in [2.45, 2.75) is 122 Å². The lowest BCUT2D eigenvalue weighted by molar-refractivity contribution is -0.139. The smallest absolute Gasteiger partial charge is 0.407 e. The molecular formula is C54H70FN9O8S4. The van der Waals surface area contributed by atoms with E-state index in [1.54, 1.807) is 28.6 Å². The lowest BCUT2D eigenvalue weighted by atomic mass is 9.82. The number of thiophene rings is 1. The number of likely N-dealkylation sites (tertiary alicyclic amines) is 2. The zero-order chi connectivity index (χ0) is 51.5. The van der Waals surface area contributed by atoms with Crippen LogP contribution in [0, 0.1) is 17.7 Å². The normalized spacial score (nSPS) is 20.4. The van der Waals surface area contributed by atoms with Gasteiger partial charge in [0.2, 0.25) is 18.0 Å². The highest BCUT2D eigenvalue weighted by Gasteiger charge is 2.43. The summed E-state index contributed by atoms with van der Waals surface area (Å²) in [4.78, 5) is 75.3. The van der Waals surface area contributed by atoms with Gasteiger partial charge < -0.3 is 49.3 Å². The summed E-state index contributed by atoms with van der Waals surface area (Å²) in [5.41, 5.74) is 4.18. The summed E-state index contributed by atoms with van der Waals surface area (Å²) in [5.74, 6) is 0.760. The van der Waals surface area contributed by atoms with Gasteiger partial charge in [-0.1, -0.05) is 33.8 Å². The second-order valence-electron chi connectivity index (χ2n) is 20.9. The second kappa shape index (κ2) is 23.5. The van der Waals surface area contributed by atoms with Gasteiger partial charge in [0, 0.05) is 41.1 Å². The minimum Gasteiger partial charge on any atom is -0.464 e. The molecule has 76 heavy (non-hydrogen) atoms. The zero-order valence-corrected chi connectivity index (χ0v) is 47.9. The summed E-state index contributed by atoms with van der Waals surface area (Å²) in [6.45, 7) is 13.6. The Morgan fingerprint density at radius 3 is 2.04 bits per heavy atom. The highest BCUT2D eigenvalue weighted by atomic mass is 32.1. The number of nitrogens with zero attached hydrogens (tertiary/aromatic N) is 5. The number of alkyl carbamates (subject to hydrolysis) is 2. The van der Waals surface area contributed by atoms with Crippen LogP contribution in [0.3, 0.4) is 0 Å². The third-order valence-electron chi connectivity index (χ3n) is 14.9. The molecule has 8 heterocycles. The van der Waals surface area contributed by atoms with Gasteiger partial charge in [0.1, 0.15) is 35.3 Å². The molecule has 4 amide bonds. The van der Waals surface area contributed by atoms with Gasteiger partial charge in [-0.15, -0.1) is 11.3 Å². The summed E-state index contributed by atoms with van der Waals surface area (Å²) < 4.78 is 41.7. The number of aromatic nitrogens is 5. The van der Waals surface area contributed by atoms with Crippen molar-refractivity contribution in [2.75, 3.05) is 33.9 Å². The molecule has 0 radical (unpaired) electrons. The van der Waals surface area contributed by atoms with Crippen molar-refractivity contribution in [3.05, 3.63) is 88.1 Å². The summed E-state index contributed by atoms with van der Waals surface area (Å²) in [5, 5.41) is 6.42. The molecule has 22 heteroatoms. The van der Waals surface area contributed by atoms with Crippen molar-refractivity contribution in [1.29, 1.82) is 0 Å². The molecule has 6 aromatic rings. The predicted molar refractivity (Wildman–Crippen MR) is 304 cm³/mol. The van der Waals surface area contributed by atoms with E-state index in [-0.39, 0.29) is 76.2 Å². The van der Waals surface area contributed by atoms with Crippen LogP contribution in [0.25, 0.3) is 44.7 Å². The first kappa shape index (κ1) is 58.0.